The molecule has 1 heterocycles. The van der Waals surface area contributed by atoms with Crippen LogP contribution >= 0.6 is 0 Å². The van der Waals surface area contributed by atoms with E-state index >= 15 is 0 Å². The fourth-order valence-electron chi connectivity index (χ4n) is 3.34. The van der Waals surface area contributed by atoms with E-state index in [1.165, 1.54) is 11.1 Å². The molecule has 1 aromatic carbocycles. The molecule has 0 aromatic heterocycles. The van der Waals surface area contributed by atoms with E-state index in [-0.39, 0.29) is 12.2 Å². The molecule has 0 saturated carbocycles. The highest BCUT2D eigenvalue weighted by molar-refractivity contribution is 5.45. The molecule has 92 valence electrons. The number of aliphatic hydroxyl groups is 1. The van der Waals surface area contributed by atoms with Crippen molar-refractivity contribution < 1.29 is 9.84 Å². The monoisotopic (exact) mass is 232 g/mol. The zero-order chi connectivity index (χ0) is 12.4. The average molecular weight is 232 g/mol. The lowest BCUT2D eigenvalue weighted by Gasteiger charge is -2.34. The lowest BCUT2D eigenvalue weighted by atomic mass is 9.71. The molecule has 0 spiro atoms. The molecule has 1 aliphatic carbocycles. The van der Waals surface area contributed by atoms with E-state index in [0.717, 1.165) is 5.56 Å². The molecule has 4 atom stereocenters. The number of epoxide rings is 1. The molecule has 17 heavy (non-hydrogen) atoms. The van der Waals surface area contributed by atoms with E-state index in [2.05, 4.69) is 39.0 Å². The lowest BCUT2D eigenvalue weighted by Crippen LogP contribution is -2.38. The van der Waals surface area contributed by atoms with Gasteiger partial charge in [-0.05, 0) is 30.9 Å². The summed E-state index contributed by atoms with van der Waals surface area (Å²) in [5, 5.41) is 10.6. The average Bonchev–Trinajstić information content (AvgIpc) is 2.97. The second-order valence-electron chi connectivity index (χ2n) is 6.03. The van der Waals surface area contributed by atoms with E-state index in [9.17, 15) is 5.11 Å². The molecule has 2 heteroatoms. The van der Waals surface area contributed by atoms with Gasteiger partial charge in [-0.3, -0.25) is 0 Å². The predicted octanol–water partition coefficient (Wildman–Crippen LogP) is 2.72. The van der Waals surface area contributed by atoms with Crippen LogP contribution < -0.4 is 0 Å². The second-order valence-corrected chi connectivity index (χ2v) is 6.03. The van der Waals surface area contributed by atoms with Crippen LogP contribution in [0.2, 0.25) is 0 Å². The van der Waals surface area contributed by atoms with E-state index in [1.807, 2.05) is 6.92 Å². The molecule has 1 saturated heterocycles. The maximum Gasteiger partial charge on any atom is 0.117 e. The van der Waals surface area contributed by atoms with Gasteiger partial charge in [-0.1, -0.05) is 37.6 Å². The van der Waals surface area contributed by atoms with Crippen molar-refractivity contribution in [2.75, 3.05) is 0 Å². The summed E-state index contributed by atoms with van der Waals surface area (Å²) in [4.78, 5) is 0. The Morgan fingerprint density at radius 3 is 2.71 bits per heavy atom. The van der Waals surface area contributed by atoms with Gasteiger partial charge in [0.1, 0.15) is 11.7 Å². The summed E-state index contributed by atoms with van der Waals surface area (Å²) in [5.41, 5.74) is 2.77. The van der Waals surface area contributed by atoms with Gasteiger partial charge in [-0.25, -0.2) is 0 Å². The molecule has 1 N–H and O–H groups in total. The van der Waals surface area contributed by atoms with Crippen LogP contribution in [0.15, 0.2) is 18.2 Å². The van der Waals surface area contributed by atoms with Crippen LogP contribution in [-0.2, 0) is 10.3 Å². The van der Waals surface area contributed by atoms with Crippen LogP contribution in [0.4, 0.5) is 0 Å². The Morgan fingerprint density at radius 1 is 1.35 bits per heavy atom. The molecule has 2 aliphatic rings. The number of aryl methyl sites for hydroxylation is 1. The quantitative estimate of drug-likeness (QED) is 0.755. The summed E-state index contributed by atoms with van der Waals surface area (Å²) in [5.74, 6) is 0.969. The first kappa shape index (κ1) is 11.2. The summed E-state index contributed by atoms with van der Waals surface area (Å²) >= 11 is 0. The van der Waals surface area contributed by atoms with Crippen molar-refractivity contribution in [3.05, 3.63) is 34.9 Å². The van der Waals surface area contributed by atoms with E-state index in [0.29, 0.717) is 11.8 Å². The summed E-state index contributed by atoms with van der Waals surface area (Å²) in [6.07, 6.45) is 0.199. The van der Waals surface area contributed by atoms with E-state index in [4.69, 9.17) is 4.74 Å². The van der Waals surface area contributed by atoms with Crippen molar-refractivity contribution in [3.63, 3.8) is 0 Å². The Kier molecular flexibility index (Phi) is 2.20. The summed E-state index contributed by atoms with van der Waals surface area (Å²) in [6, 6.07) is 6.36. The van der Waals surface area contributed by atoms with Crippen LogP contribution in [-0.4, -0.2) is 17.3 Å². The highest BCUT2D eigenvalue weighted by Gasteiger charge is 2.60. The van der Waals surface area contributed by atoms with Gasteiger partial charge in [0.25, 0.3) is 0 Å². The van der Waals surface area contributed by atoms with E-state index in [1.54, 1.807) is 0 Å². The van der Waals surface area contributed by atoms with Crippen LogP contribution in [0.25, 0.3) is 0 Å². The third kappa shape index (κ3) is 1.47. The normalized spacial score (nSPS) is 38.8. The van der Waals surface area contributed by atoms with Gasteiger partial charge in [-0.15, -0.1) is 0 Å². The first-order chi connectivity index (χ1) is 7.93. The van der Waals surface area contributed by atoms with Gasteiger partial charge in [0, 0.05) is 5.92 Å². The van der Waals surface area contributed by atoms with E-state index < -0.39 is 5.60 Å². The van der Waals surface area contributed by atoms with Gasteiger partial charge in [-0.2, -0.15) is 0 Å². The van der Waals surface area contributed by atoms with Crippen LogP contribution in [0.5, 0.6) is 0 Å². The Morgan fingerprint density at radius 2 is 2.06 bits per heavy atom. The van der Waals surface area contributed by atoms with Crippen molar-refractivity contribution in [3.8, 4) is 0 Å². The van der Waals surface area contributed by atoms with Gasteiger partial charge in [0.15, 0.2) is 0 Å². The zero-order valence-corrected chi connectivity index (χ0v) is 10.9. The smallest absolute Gasteiger partial charge is 0.117 e. The molecule has 0 radical (unpaired) electrons. The third-order valence-electron chi connectivity index (χ3n) is 4.26. The molecule has 1 aliphatic heterocycles. The molecule has 1 aromatic rings. The van der Waals surface area contributed by atoms with Crippen LogP contribution in [0, 0.1) is 12.8 Å². The fourth-order valence-corrected chi connectivity index (χ4v) is 3.34. The predicted molar refractivity (Wildman–Crippen MR) is 67.0 cm³/mol. The topological polar surface area (TPSA) is 32.8 Å². The minimum absolute atomic E-state index is 0.00916. The minimum Gasteiger partial charge on any atom is -0.383 e. The first-order valence-corrected chi connectivity index (χ1v) is 6.42. The number of ether oxygens (including phenoxy) is 1. The molecule has 2 nitrogen and oxygen atoms in total. The van der Waals surface area contributed by atoms with Crippen molar-refractivity contribution in [2.24, 2.45) is 5.92 Å². The largest absolute Gasteiger partial charge is 0.383 e. The Bertz CT molecular complexity index is 462. The fraction of sp³-hybridized carbons (Fsp3) is 0.600. The molecule has 4 unspecified atom stereocenters. The maximum absolute atomic E-state index is 10.6. The van der Waals surface area contributed by atoms with Crippen molar-refractivity contribution >= 4 is 0 Å². The zero-order valence-electron chi connectivity index (χ0n) is 10.9. The Hall–Kier alpha value is -0.860. The maximum atomic E-state index is 10.6. The first-order valence-electron chi connectivity index (χ1n) is 6.42. The SMILES string of the molecule is Cc1ccc2c(c1)C(C(C)C)C1OC1C2(C)O. The number of hydrogen-bond acceptors (Lipinski definition) is 2. The number of benzene rings is 1. The molecular weight excluding hydrogens is 212 g/mol. The summed E-state index contributed by atoms with van der Waals surface area (Å²) < 4.78 is 5.74. The molecule has 0 amide bonds. The van der Waals surface area contributed by atoms with Gasteiger partial charge in [0.05, 0.1) is 6.10 Å². The summed E-state index contributed by atoms with van der Waals surface area (Å²) in [7, 11) is 0. The molecular formula is C15H20O2. The molecule has 0 bridgehead atoms. The van der Waals surface area contributed by atoms with Crippen molar-refractivity contribution in [1.29, 1.82) is 0 Å². The molecule has 1 fully saturated rings. The minimum atomic E-state index is -0.820. The lowest BCUT2D eigenvalue weighted by molar-refractivity contribution is 0.0235. The van der Waals surface area contributed by atoms with Gasteiger partial charge < -0.3 is 9.84 Å². The van der Waals surface area contributed by atoms with Crippen LogP contribution in [0.3, 0.4) is 0 Å². The third-order valence-corrected chi connectivity index (χ3v) is 4.26. The Labute approximate surface area is 103 Å². The van der Waals surface area contributed by atoms with Gasteiger partial charge in [0.2, 0.25) is 0 Å². The highest BCUT2D eigenvalue weighted by atomic mass is 16.6. The Balaban J connectivity index is 2.18. The van der Waals surface area contributed by atoms with Crippen molar-refractivity contribution in [1.82, 2.24) is 0 Å². The molecule has 3 rings (SSSR count). The van der Waals surface area contributed by atoms with Crippen LogP contribution in [0.1, 0.15) is 43.4 Å². The summed E-state index contributed by atoms with van der Waals surface area (Å²) in [6.45, 7) is 8.44. The number of fused-ring (bicyclic) bond motifs is 2. The number of rotatable bonds is 1. The standard InChI is InChI=1S/C15H20O2/c1-8(2)12-10-7-9(3)5-6-11(10)15(4,16)14-13(12)17-14/h5-8,12-14,16H,1-4H3. The number of hydrogen-bond donors (Lipinski definition) is 1. The second kappa shape index (κ2) is 3.33. The van der Waals surface area contributed by atoms with Crippen molar-refractivity contribution in [2.45, 2.75) is 51.4 Å². The highest BCUT2D eigenvalue weighted by Crippen LogP contribution is 2.54. The van der Waals surface area contributed by atoms with Gasteiger partial charge >= 0.3 is 0 Å².